The van der Waals surface area contributed by atoms with Crippen molar-refractivity contribution in [2.24, 2.45) is 0 Å². The van der Waals surface area contributed by atoms with Crippen molar-refractivity contribution in [1.29, 1.82) is 0 Å². The predicted molar refractivity (Wildman–Crippen MR) is 84.0 cm³/mol. The van der Waals surface area contributed by atoms with Crippen LogP contribution in [0.1, 0.15) is 11.5 Å². The molecule has 1 saturated heterocycles. The molecule has 2 heterocycles. The number of nitrogens with zero attached hydrogens (tertiary/aromatic N) is 3. The van der Waals surface area contributed by atoms with Crippen LogP contribution in [0.4, 0.5) is 5.69 Å². The van der Waals surface area contributed by atoms with E-state index in [1.54, 1.807) is 0 Å². The molecule has 1 fully saturated rings. The number of nitro benzene ring substituents is 1. The number of hydrogen-bond acceptors (Lipinski definition) is 8. The van der Waals surface area contributed by atoms with Gasteiger partial charge < -0.3 is 15.8 Å². The summed E-state index contributed by atoms with van der Waals surface area (Å²) in [6.45, 7) is 0. The van der Waals surface area contributed by atoms with Crippen LogP contribution in [-0.4, -0.2) is 55.8 Å². The van der Waals surface area contributed by atoms with Crippen LogP contribution in [0.15, 0.2) is 12.1 Å². The molecule has 0 unspecified atom stereocenters. The maximum atomic E-state index is 12.0. The third kappa shape index (κ3) is 2.90. The molecule has 2 N–H and O–H groups in total. The molecule has 0 saturated carbocycles. The van der Waals surface area contributed by atoms with Gasteiger partial charge in [-0.05, 0) is 18.3 Å². The van der Waals surface area contributed by atoms with Gasteiger partial charge in [-0.1, -0.05) is 0 Å². The fourth-order valence-corrected chi connectivity index (χ4v) is 2.97. The van der Waals surface area contributed by atoms with Crippen molar-refractivity contribution in [3.05, 3.63) is 33.0 Å². The van der Waals surface area contributed by atoms with Crippen LogP contribution in [0.25, 0.3) is 11.0 Å². The van der Waals surface area contributed by atoms with E-state index in [-0.39, 0.29) is 55.4 Å². The van der Waals surface area contributed by atoms with E-state index >= 15 is 0 Å². The Bertz CT molecular complexity index is 849. The topological polar surface area (TPSA) is 141 Å². The molecular formula is C10H6N5NaO5S2. The van der Waals surface area contributed by atoms with Gasteiger partial charge in [0.1, 0.15) is 5.92 Å². The molecule has 1 aromatic carbocycles. The summed E-state index contributed by atoms with van der Waals surface area (Å²) in [6.07, 6.45) is 0. The average molecular weight is 363 g/mol. The fraction of sp³-hybridized carbons (Fsp3) is 0.100. The molecule has 23 heavy (non-hydrogen) atoms. The van der Waals surface area contributed by atoms with Gasteiger partial charge in [-0.3, -0.25) is 19.7 Å². The van der Waals surface area contributed by atoms with Crippen molar-refractivity contribution in [3.8, 4) is 0 Å². The molecule has 0 bridgehead atoms. The van der Waals surface area contributed by atoms with Crippen LogP contribution >= 0.6 is 23.9 Å². The van der Waals surface area contributed by atoms with Gasteiger partial charge >= 0.3 is 35.2 Å². The zero-order chi connectivity index (χ0) is 16.0. The van der Waals surface area contributed by atoms with Gasteiger partial charge in [-0.2, -0.15) is 4.12 Å². The van der Waals surface area contributed by atoms with Gasteiger partial charge in [0, 0.05) is 16.0 Å². The second-order valence-electron chi connectivity index (χ2n) is 4.30. The number of nitrogens with one attached hydrogen (secondary N) is 2. The summed E-state index contributed by atoms with van der Waals surface area (Å²) in [4.78, 5) is 34.2. The molecule has 0 atom stereocenters. The van der Waals surface area contributed by atoms with E-state index < -0.39 is 28.3 Å². The summed E-state index contributed by atoms with van der Waals surface area (Å²) in [6, 6.07) is 2.30. The van der Waals surface area contributed by atoms with Crippen molar-refractivity contribution < 1.29 is 18.6 Å². The first-order valence-electron chi connectivity index (χ1n) is 5.72. The number of amides is 2. The summed E-state index contributed by atoms with van der Waals surface area (Å²) in [7, 11) is 0. The van der Waals surface area contributed by atoms with E-state index in [9.17, 15) is 24.9 Å². The SMILES string of the molecule is O=C1NC(=S)NC(=O)C1c1ccc([N+](=O)[O-])c2c1ns[n+]2[O-].[NaH]. The van der Waals surface area contributed by atoms with E-state index in [1.165, 1.54) is 6.07 Å². The Morgan fingerprint density at radius 3 is 2.48 bits per heavy atom. The van der Waals surface area contributed by atoms with Crippen LogP contribution in [0, 0.1) is 15.3 Å². The number of non-ortho nitro benzene ring substituents is 1. The number of rotatable bonds is 2. The molecule has 3 rings (SSSR count). The zero-order valence-electron chi connectivity index (χ0n) is 10.4. The fourth-order valence-electron chi connectivity index (χ4n) is 2.16. The molecule has 13 heteroatoms. The van der Waals surface area contributed by atoms with Crippen molar-refractivity contribution >= 4 is 87.2 Å². The Morgan fingerprint density at radius 2 is 1.91 bits per heavy atom. The molecular weight excluding hydrogens is 357 g/mol. The summed E-state index contributed by atoms with van der Waals surface area (Å²) in [5, 5.41) is 27.1. The van der Waals surface area contributed by atoms with Crippen LogP contribution in [0.3, 0.4) is 0 Å². The third-order valence-corrected chi connectivity index (χ3v) is 3.85. The Balaban J connectivity index is 0.00000192. The number of aromatic nitrogens is 2. The number of thiocarbonyl (C=S) groups is 1. The van der Waals surface area contributed by atoms with E-state index in [4.69, 9.17) is 12.2 Å². The van der Waals surface area contributed by atoms with E-state index in [0.29, 0.717) is 11.7 Å². The first-order valence-corrected chi connectivity index (χ1v) is 6.86. The van der Waals surface area contributed by atoms with Gasteiger partial charge in [0.2, 0.25) is 17.3 Å². The number of carbonyl (C=O) groups is 2. The molecule has 2 aromatic rings. The monoisotopic (exact) mass is 363 g/mol. The average Bonchev–Trinajstić information content (AvgIpc) is 2.80. The minimum absolute atomic E-state index is 0. The molecule has 1 aliphatic heterocycles. The van der Waals surface area contributed by atoms with E-state index in [1.807, 2.05) is 0 Å². The minimum atomic E-state index is -1.29. The van der Waals surface area contributed by atoms with Crippen molar-refractivity contribution in [2.75, 3.05) is 0 Å². The van der Waals surface area contributed by atoms with Gasteiger partial charge in [-0.25, -0.2) is 0 Å². The molecule has 114 valence electrons. The van der Waals surface area contributed by atoms with E-state index in [2.05, 4.69) is 15.0 Å². The number of hydrogen-bond donors (Lipinski definition) is 2. The predicted octanol–water partition coefficient (Wildman–Crippen LogP) is -1.20. The molecule has 0 aliphatic carbocycles. The van der Waals surface area contributed by atoms with Gasteiger partial charge in [0.15, 0.2) is 5.11 Å². The number of nitro groups is 1. The third-order valence-electron chi connectivity index (χ3n) is 3.06. The first-order chi connectivity index (χ1) is 10.4. The molecule has 1 aliphatic rings. The van der Waals surface area contributed by atoms with E-state index in [0.717, 1.165) is 6.07 Å². The summed E-state index contributed by atoms with van der Waals surface area (Å²) in [5.41, 5.74) is -0.697. The van der Waals surface area contributed by atoms with Gasteiger partial charge in [-0.15, -0.1) is 0 Å². The second kappa shape index (κ2) is 6.41. The number of benzene rings is 1. The Hall–Kier alpha value is -1.73. The van der Waals surface area contributed by atoms with Crippen LogP contribution in [-0.2, 0) is 9.59 Å². The van der Waals surface area contributed by atoms with Crippen LogP contribution in [0.5, 0.6) is 0 Å². The molecule has 0 spiro atoms. The maximum absolute atomic E-state index is 12.0. The van der Waals surface area contributed by atoms with Gasteiger partial charge in [0.05, 0.1) is 4.92 Å². The van der Waals surface area contributed by atoms with Gasteiger partial charge in [0.25, 0.3) is 17.2 Å². The quantitative estimate of drug-likeness (QED) is 0.130. The summed E-state index contributed by atoms with van der Waals surface area (Å²) in [5.74, 6) is -2.67. The Labute approximate surface area is 159 Å². The normalized spacial score (nSPS) is 15.0. The molecule has 0 radical (unpaired) electrons. The number of fused-ring (bicyclic) bond motifs is 1. The van der Waals surface area contributed by atoms with Crippen molar-refractivity contribution in [3.63, 3.8) is 0 Å². The Kier molecular flexibility index (Phi) is 4.91. The molecule has 10 nitrogen and oxygen atoms in total. The number of carbonyl (C=O) groups excluding carboxylic acids is 2. The Morgan fingerprint density at radius 1 is 1.30 bits per heavy atom. The summed E-state index contributed by atoms with van der Waals surface area (Å²) >= 11 is 5.14. The van der Waals surface area contributed by atoms with Crippen LogP contribution < -0.4 is 14.8 Å². The summed E-state index contributed by atoms with van der Waals surface area (Å²) < 4.78 is 4.08. The molecule has 1 aromatic heterocycles. The van der Waals surface area contributed by atoms with Crippen LogP contribution in [0.2, 0.25) is 0 Å². The first kappa shape index (κ1) is 17.6. The second-order valence-corrected chi connectivity index (χ2v) is 5.38. The zero-order valence-corrected chi connectivity index (χ0v) is 12.1. The standard InChI is InChI=1S/C10H5N5O5S2.Na.H/c16-8-5(9(17)12-10(21)11-8)3-1-2-4(14(18)19)7-6(3)13-22-15(7)20;;/h1-2,5H,(H2,11,12,16,17,21);;. The molecule has 2 amide bonds. The van der Waals surface area contributed by atoms with Crippen molar-refractivity contribution in [1.82, 2.24) is 15.0 Å². The van der Waals surface area contributed by atoms with Crippen molar-refractivity contribution in [2.45, 2.75) is 5.92 Å².